The summed E-state index contributed by atoms with van der Waals surface area (Å²) in [5.41, 5.74) is 4.43. The molecule has 1 fully saturated rings. The van der Waals surface area contributed by atoms with Crippen LogP contribution in [0.1, 0.15) is 67.6 Å². The van der Waals surface area contributed by atoms with E-state index in [9.17, 15) is 9.59 Å². The number of nitrogens with zero attached hydrogens (tertiary/aromatic N) is 1. The maximum atomic E-state index is 13.2. The van der Waals surface area contributed by atoms with E-state index >= 15 is 0 Å². The molecule has 37 heavy (non-hydrogen) atoms. The standard InChI is InChI=1S/C29H36N4O4/c1-19(2)30-23-12-14-29(15-13-23,17-27(34)33-36)32-28(35)21-8-10-24(11-9-21)37-18-22-16-20(3)31-26-7-5-4-6-25(22)26/h4-11,16,19,23,30,36H,12-15,17-18H2,1-3H3,(H,32,35)(H,33,34)/t23-,29-. The van der Waals surface area contributed by atoms with Crippen LogP contribution in [0.15, 0.2) is 54.6 Å². The summed E-state index contributed by atoms with van der Waals surface area (Å²) in [6.07, 6.45) is 3.01. The summed E-state index contributed by atoms with van der Waals surface area (Å²) >= 11 is 0. The number of hydroxylamine groups is 1. The van der Waals surface area contributed by atoms with Crippen molar-refractivity contribution in [3.63, 3.8) is 0 Å². The number of nitrogens with one attached hydrogen (secondary N) is 3. The molecule has 1 saturated carbocycles. The van der Waals surface area contributed by atoms with Gasteiger partial charge in [-0.1, -0.05) is 32.0 Å². The van der Waals surface area contributed by atoms with Gasteiger partial charge >= 0.3 is 0 Å². The number of para-hydroxylation sites is 1. The molecule has 2 aromatic carbocycles. The first-order chi connectivity index (χ1) is 17.8. The van der Waals surface area contributed by atoms with Crippen LogP contribution in [0.4, 0.5) is 0 Å². The maximum absolute atomic E-state index is 13.2. The smallest absolute Gasteiger partial charge is 0.251 e. The van der Waals surface area contributed by atoms with Gasteiger partial charge < -0.3 is 15.4 Å². The normalized spacial score (nSPS) is 19.5. The van der Waals surface area contributed by atoms with Gasteiger partial charge in [-0.05, 0) is 69.0 Å². The van der Waals surface area contributed by atoms with Crippen molar-refractivity contribution in [3.8, 4) is 5.75 Å². The van der Waals surface area contributed by atoms with Crippen LogP contribution < -0.4 is 20.9 Å². The zero-order valence-corrected chi connectivity index (χ0v) is 21.7. The van der Waals surface area contributed by atoms with Crippen molar-refractivity contribution in [3.05, 3.63) is 71.4 Å². The Kier molecular flexibility index (Phi) is 8.41. The fraction of sp³-hybridized carbons (Fsp3) is 0.414. The van der Waals surface area contributed by atoms with Crippen LogP contribution in [0.3, 0.4) is 0 Å². The molecule has 8 heteroatoms. The lowest BCUT2D eigenvalue weighted by Crippen LogP contribution is -2.55. The Morgan fingerprint density at radius 1 is 1.11 bits per heavy atom. The predicted octanol–water partition coefficient (Wildman–Crippen LogP) is 4.43. The van der Waals surface area contributed by atoms with Gasteiger partial charge in [-0.15, -0.1) is 0 Å². The van der Waals surface area contributed by atoms with Crippen LogP contribution in [0.2, 0.25) is 0 Å². The van der Waals surface area contributed by atoms with Crippen molar-refractivity contribution in [2.45, 2.75) is 77.1 Å². The van der Waals surface area contributed by atoms with Gasteiger partial charge in [0, 0.05) is 39.8 Å². The van der Waals surface area contributed by atoms with Crippen molar-refractivity contribution >= 4 is 22.7 Å². The predicted molar refractivity (Wildman–Crippen MR) is 143 cm³/mol. The zero-order valence-electron chi connectivity index (χ0n) is 21.7. The topological polar surface area (TPSA) is 113 Å². The van der Waals surface area contributed by atoms with Gasteiger partial charge in [0.15, 0.2) is 0 Å². The van der Waals surface area contributed by atoms with Crippen LogP contribution in [-0.2, 0) is 11.4 Å². The summed E-state index contributed by atoms with van der Waals surface area (Å²) in [5, 5.41) is 16.8. The molecule has 4 N–H and O–H groups in total. The summed E-state index contributed by atoms with van der Waals surface area (Å²) in [5.74, 6) is -0.0914. The molecular weight excluding hydrogens is 468 g/mol. The molecular formula is C29H36N4O4. The summed E-state index contributed by atoms with van der Waals surface area (Å²) in [4.78, 5) is 29.8. The first kappa shape index (κ1) is 26.6. The van der Waals surface area contributed by atoms with E-state index in [0.29, 0.717) is 42.8 Å². The van der Waals surface area contributed by atoms with E-state index in [-0.39, 0.29) is 12.3 Å². The third-order valence-electron chi connectivity index (χ3n) is 6.95. The van der Waals surface area contributed by atoms with Crippen LogP contribution >= 0.6 is 0 Å². The molecule has 1 aliphatic carbocycles. The van der Waals surface area contributed by atoms with Crippen molar-refractivity contribution in [2.75, 3.05) is 0 Å². The number of pyridine rings is 1. The van der Waals surface area contributed by atoms with Crippen LogP contribution in [0, 0.1) is 6.92 Å². The van der Waals surface area contributed by atoms with Crippen molar-refractivity contribution in [1.29, 1.82) is 0 Å². The number of carbonyl (C=O) groups is 2. The molecule has 3 aromatic rings. The molecule has 0 saturated heterocycles. The summed E-state index contributed by atoms with van der Waals surface area (Å²) in [7, 11) is 0. The van der Waals surface area contributed by atoms with E-state index in [0.717, 1.165) is 35.0 Å². The largest absolute Gasteiger partial charge is 0.489 e. The molecule has 8 nitrogen and oxygen atoms in total. The number of rotatable bonds is 9. The maximum Gasteiger partial charge on any atom is 0.251 e. The second kappa shape index (κ2) is 11.7. The number of aryl methyl sites for hydroxylation is 1. The highest BCUT2D eigenvalue weighted by molar-refractivity contribution is 5.95. The van der Waals surface area contributed by atoms with Crippen molar-refractivity contribution in [2.24, 2.45) is 0 Å². The fourth-order valence-corrected chi connectivity index (χ4v) is 5.19. The first-order valence-corrected chi connectivity index (χ1v) is 12.9. The Hall–Kier alpha value is -3.49. The molecule has 0 spiro atoms. The van der Waals surface area contributed by atoms with Crippen LogP contribution in [0.5, 0.6) is 5.75 Å². The quantitative estimate of drug-likeness (QED) is 0.253. The number of benzene rings is 2. The molecule has 1 aliphatic rings. The van der Waals surface area contributed by atoms with Gasteiger partial charge in [-0.25, -0.2) is 5.48 Å². The number of amides is 2. The van der Waals surface area contributed by atoms with Gasteiger partial charge in [0.1, 0.15) is 12.4 Å². The minimum absolute atomic E-state index is 0.0319. The Labute approximate surface area is 217 Å². The van der Waals surface area contributed by atoms with E-state index in [4.69, 9.17) is 9.94 Å². The summed E-state index contributed by atoms with van der Waals surface area (Å²) in [6, 6.07) is 17.7. The first-order valence-electron chi connectivity index (χ1n) is 12.9. The number of fused-ring (bicyclic) bond motifs is 1. The van der Waals surface area contributed by atoms with E-state index in [1.165, 1.54) is 0 Å². The molecule has 0 unspecified atom stereocenters. The van der Waals surface area contributed by atoms with Crippen molar-refractivity contribution in [1.82, 2.24) is 21.1 Å². The second-order valence-corrected chi connectivity index (χ2v) is 10.3. The molecule has 1 heterocycles. The molecule has 1 aromatic heterocycles. The number of hydrogen-bond donors (Lipinski definition) is 4. The number of hydrogen-bond acceptors (Lipinski definition) is 6. The third kappa shape index (κ3) is 6.84. The minimum atomic E-state index is -0.700. The molecule has 196 valence electrons. The number of aromatic nitrogens is 1. The van der Waals surface area contributed by atoms with E-state index < -0.39 is 11.4 Å². The Morgan fingerprint density at radius 3 is 2.49 bits per heavy atom. The molecule has 0 atom stereocenters. The lowest BCUT2D eigenvalue weighted by molar-refractivity contribution is -0.131. The molecule has 2 amide bonds. The second-order valence-electron chi connectivity index (χ2n) is 10.3. The van der Waals surface area contributed by atoms with Gasteiger partial charge in [0.25, 0.3) is 5.91 Å². The molecule has 0 radical (unpaired) electrons. The average Bonchev–Trinajstić information content (AvgIpc) is 2.88. The minimum Gasteiger partial charge on any atom is -0.489 e. The highest BCUT2D eigenvalue weighted by atomic mass is 16.5. The van der Waals surface area contributed by atoms with Gasteiger partial charge in [0.2, 0.25) is 5.91 Å². The van der Waals surface area contributed by atoms with Crippen molar-refractivity contribution < 1.29 is 19.5 Å². The fourth-order valence-electron chi connectivity index (χ4n) is 5.19. The Morgan fingerprint density at radius 2 is 1.81 bits per heavy atom. The Balaban J connectivity index is 1.41. The van der Waals surface area contributed by atoms with Crippen LogP contribution in [-0.4, -0.2) is 39.6 Å². The monoisotopic (exact) mass is 504 g/mol. The highest BCUT2D eigenvalue weighted by Gasteiger charge is 2.38. The molecule has 0 aliphatic heterocycles. The average molecular weight is 505 g/mol. The lowest BCUT2D eigenvalue weighted by Gasteiger charge is -2.41. The lowest BCUT2D eigenvalue weighted by atomic mass is 9.76. The number of ether oxygens (including phenoxy) is 1. The van der Waals surface area contributed by atoms with Crippen LogP contribution in [0.25, 0.3) is 10.9 Å². The van der Waals surface area contributed by atoms with Gasteiger partial charge in [-0.3, -0.25) is 19.8 Å². The SMILES string of the molecule is Cc1cc(COc2ccc(C(=O)N[C@]3(CC(=O)NO)CC[C@@H](NC(C)C)CC3)cc2)c2ccccc2n1. The van der Waals surface area contributed by atoms with E-state index in [2.05, 4.69) is 29.5 Å². The highest BCUT2D eigenvalue weighted by Crippen LogP contribution is 2.32. The van der Waals surface area contributed by atoms with Gasteiger partial charge in [0.05, 0.1) is 11.9 Å². The van der Waals surface area contributed by atoms with E-state index in [1.54, 1.807) is 29.7 Å². The van der Waals surface area contributed by atoms with E-state index in [1.807, 2.05) is 37.3 Å². The molecule has 4 rings (SSSR count). The summed E-state index contributed by atoms with van der Waals surface area (Å²) < 4.78 is 6.02. The number of carbonyl (C=O) groups excluding carboxylic acids is 2. The summed E-state index contributed by atoms with van der Waals surface area (Å²) in [6.45, 7) is 6.57. The Bertz CT molecular complexity index is 1230. The third-order valence-corrected chi connectivity index (χ3v) is 6.95. The zero-order chi connectivity index (χ0) is 26.4. The molecule has 0 bridgehead atoms. The van der Waals surface area contributed by atoms with Gasteiger partial charge in [-0.2, -0.15) is 0 Å².